The van der Waals surface area contributed by atoms with Crippen molar-refractivity contribution < 1.29 is 19.0 Å². The van der Waals surface area contributed by atoms with Gasteiger partial charge in [0.15, 0.2) is 0 Å². The predicted molar refractivity (Wildman–Crippen MR) is 122 cm³/mol. The highest BCUT2D eigenvalue weighted by molar-refractivity contribution is 5.78. The lowest BCUT2D eigenvalue weighted by Gasteiger charge is -2.36. The molecule has 0 spiro atoms. The summed E-state index contributed by atoms with van der Waals surface area (Å²) in [4.78, 5) is 17.2. The molecule has 0 radical (unpaired) electrons. The summed E-state index contributed by atoms with van der Waals surface area (Å²) in [7, 11) is 3.25. The molecule has 0 bridgehead atoms. The SMILES string of the molecule is CCOc1ccccc1N1CCN(CC(=O)N[C@@H](C)c2cc(OC)ccc2OC)CC1. The van der Waals surface area contributed by atoms with Crippen molar-refractivity contribution in [1.82, 2.24) is 10.2 Å². The van der Waals surface area contributed by atoms with Crippen LogP contribution in [0.25, 0.3) is 0 Å². The normalized spacial score (nSPS) is 15.3. The number of benzene rings is 2. The number of carbonyl (C=O) groups is 1. The Morgan fingerprint density at radius 1 is 1.03 bits per heavy atom. The number of rotatable bonds is 9. The van der Waals surface area contributed by atoms with E-state index < -0.39 is 0 Å². The summed E-state index contributed by atoms with van der Waals surface area (Å²) in [6, 6.07) is 13.6. The third-order valence-electron chi connectivity index (χ3n) is 5.53. The van der Waals surface area contributed by atoms with Crippen LogP contribution < -0.4 is 24.4 Å². The first-order chi connectivity index (χ1) is 15.0. The first kappa shape index (κ1) is 22.7. The predicted octanol–water partition coefficient (Wildman–Crippen LogP) is 3.10. The minimum atomic E-state index is -0.183. The summed E-state index contributed by atoms with van der Waals surface area (Å²) in [5.41, 5.74) is 2.01. The molecule has 7 nitrogen and oxygen atoms in total. The molecule has 168 valence electrons. The molecule has 3 rings (SSSR count). The molecule has 1 saturated heterocycles. The number of nitrogens with zero attached hydrogens (tertiary/aromatic N) is 2. The summed E-state index contributed by atoms with van der Waals surface area (Å²) in [6.45, 7) is 8.33. The molecule has 0 saturated carbocycles. The van der Waals surface area contributed by atoms with Crippen molar-refractivity contribution in [2.24, 2.45) is 0 Å². The third kappa shape index (κ3) is 5.82. The van der Waals surface area contributed by atoms with Crippen LogP contribution in [0.2, 0.25) is 0 Å². The van der Waals surface area contributed by atoms with Crippen LogP contribution in [0, 0.1) is 0 Å². The van der Waals surface area contributed by atoms with E-state index >= 15 is 0 Å². The van der Waals surface area contributed by atoms with Crippen LogP contribution in [0.3, 0.4) is 0 Å². The molecule has 0 aliphatic carbocycles. The van der Waals surface area contributed by atoms with Gasteiger partial charge in [0.05, 0.1) is 39.1 Å². The Bertz CT molecular complexity index is 866. The largest absolute Gasteiger partial charge is 0.497 e. The van der Waals surface area contributed by atoms with Crippen LogP contribution >= 0.6 is 0 Å². The van der Waals surface area contributed by atoms with Crippen molar-refractivity contribution in [1.29, 1.82) is 0 Å². The van der Waals surface area contributed by atoms with Crippen LogP contribution in [0.5, 0.6) is 17.2 Å². The van der Waals surface area contributed by atoms with Crippen LogP contribution in [0.4, 0.5) is 5.69 Å². The molecule has 1 atom stereocenters. The minimum absolute atomic E-state index is 0.000499. The van der Waals surface area contributed by atoms with Gasteiger partial charge in [-0.05, 0) is 44.2 Å². The van der Waals surface area contributed by atoms with E-state index in [0.717, 1.165) is 54.7 Å². The van der Waals surface area contributed by atoms with E-state index in [1.807, 2.05) is 50.2 Å². The van der Waals surface area contributed by atoms with Crippen molar-refractivity contribution in [2.75, 3.05) is 58.5 Å². The van der Waals surface area contributed by atoms with Crippen LogP contribution in [-0.2, 0) is 4.79 Å². The second-order valence-corrected chi connectivity index (χ2v) is 7.56. The van der Waals surface area contributed by atoms with Crippen LogP contribution in [0.15, 0.2) is 42.5 Å². The highest BCUT2D eigenvalue weighted by atomic mass is 16.5. The Kier molecular flexibility index (Phi) is 8.00. The number of piperazine rings is 1. The summed E-state index contributed by atoms with van der Waals surface area (Å²) >= 11 is 0. The zero-order valence-electron chi connectivity index (χ0n) is 18.9. The van der Waals surface area contributed by atoms with E-state index in [1.54, 1.807) is 14.2 Å². The smallest absolute Gasteiger partial charge is 0.234 e. The number of hydrogen-bond donors (Lipinski definition) is 1. The van der Waals surface area contributed by atoms with E-state index in [-0.39, 0.29) is 11.9 Å². The van der Waals surface area contributed by atoms with E-state index in [4.69, 9.17) is 14.2 Å². The number of anilines is 1. The molecular formula is C24H33N3O4. The number of para-hydroxylation sites is 2. The van der Waals surface area contributed by atoms with Gasteiger partial charge in [0.1, 0.15) is 17.2 Å². The lowest BCUT2D eigenvalue weighted by atomic mass is 10.1. The maximum Gasteiger partial charge on any atom is 0.234 e. The molecular weight excluding hydrogens is 394 g/mol. The number of ether oxygens (including phenoxy) is 3. The van der Waals surface area contributed by atoms with Crippen molar-refractivity contribution in [2.45, 2.75) is 19.9 Å². The number of nitrogens with one attached hydrogen (secondary N) is 1. The van der Waals surface area contributed by atoms with Gasteiger partial charge in [0, 0.05) is 31.7 Å². The molecule has 1 aliphatic rings. The van der Waals surface area contributed by atoms with Gasteiger partial charge in [-0.25, -0.2) is 0 Å². The fourth-order valence-corrected chi connectivity index (χ4v) is 3.89. The van der Waals surface area contributed by atoms with Gasteiger partial charge >= 0.3 is 0 Å². The second-order valence-electron chi connectivity index (χ2n) is 7.56. The number of methoxy groups -OCH3 is 2. The zero-order valence-corrected chi connectivity index (χ0v) is 18.9. The molecule has 2 aromatic rings. The number of amides is 1. The first-order valence-corrected chi connectivity index (χ1v) is 10.8. The van der Waals surface area contributed by atoms with Crippen LogP contribution in [-0.4, -0.2) is 64.4 Å². The lowest BCUT2D eigenvalue weighted by molar-refractivity contribution is -0.123. The highest BCUT2D eigenvalue weighted by Crippen LogP contribution is 2.30. The topological polar surface area (TPSA) is 63.3 Å². The first-order valence-electron chi connectivity index (χ1n) is 10.8. The maximum atomic E-state index is 12.7. The monoisotopic (exact) mass is 427 g/mol. The molecule has 0 unspecified atom stereocenters. The summed E-state index contributed by atoms with van der Waals surface area (Å²) < 4.78 is 16.5. The van der Waals surface area contributed by atoms with Gasteiger partial charge in [-0.15, -0.1) is 0 Å². The molecule has 1 fully saturated rings. The quantitative estimate of drug-likeness (QED) is 0.664. The van der Waals surface area contributed by atoms with Gasteiger partial charge in [0.2, 0.25) is 5.91 Å². The number of hydrogen-bond acceptors (Lipinski definition) is 6. The van der Waals surface area contributed by atoms with Crippen molar-refractivity contribution in [3.8, 4) is 17.2 Å². The average molecular weight is 428 g/mol. The Morgan fingerprint density at radius 3 is 2.45 bits per heavy atom. The summed E-state index contributed by atoms with van der Waals surface area (Å²) in [5, 5.41) is 3.09. The van der Waals surface area contributed by atoms with Gasteiger partial charge in [-0.3, -0.25) is 9.69 Å². The molecule has 7 heteroatoms. The van der Waals surface area contributed by atoms with E-state index in [9.17, 15) is 4.79 Å². The van der Waals surface area contributed by atoms with E-state index in [2.05, 4.69) is 21.2 Å². The second kappa shape index (κ2) is 10.9. The average Bonchev–Trinajstić information content (AvgIpc) is 2.79. The van der Waals surface area contributed by atoms with Crippen molar-refractivity contribution in [3.63, 3.8) is 0 Å². The standard InChI is InChI=1S/C24H33N3O4/c1-5-31-23-9-7-6-8-21(23)27-14-12-26(13-15-27)17-24(28)25-18(2)20-16-19(29-3)10-11-22(20)30-4/h6-11,16,18H,5,12-15,17H2,1-4H3,(H,25,28)/t18-/m0/s1. The van der Waals surface area contributed by atoms with Crippen molar-refractivity contribution in [3.05, 3.63) is 48.0 Å². The van der Waals surface area contributed by atoms with Gasteiger partial charge in [0.25, 0.3) is 0 Å². The molecule has 31 heavy (non-hydrogen) atoms. The molecule has 1 amide bonds. The molecule has 0 aromatic heterocycles. The Morgan fingerprint density at radius 2 is 1.77 bits per heavy atom. The fourth-order valence-electron chi connectivity index (χ4n) is 3.89. The zero-order chi connectivity index (χ0) is 22.2. The fraction of sp³-hybridized carbons (Fsp3) is 0.458. The van der Waals surface area contributed by atoms with Gasteiger partial charge in [-0.2, -0.15) is 0 Å². The van der Waals surface area contributed by atoms with E-state index in [0.29, 0.717) is 13.2 Å². The summed E-state index contributed by atoms with van der Waals surface area (Å²) in [5.74, 6) is 2.38. The number of carbonyl (C=O) groups excluding carboxylic acids is 1. The maximum absolute atomic E-state index is 12.7. The summed E-state index contributed by atoms with van der Waals surface area (Å²) in [6.07, 6.45) is 0. The molecule has 1 heterocycles. The highest BCUT2D eigenvalue weighted by Gasteiger charge is 2.22. The van der Waals surface area contributed by atoms with Crippen LogP contribution in [0.1, 0.15) is 25.5 Å². The minimum Gasteiger partial charge on any atom is -0.497 e. The van der Waals surface area contributed by atoms with Gasteiger partial charge < -0.3 is 24.4 Å². The van der Waals surface area contributed by atoms with Crippen molar-refractivity contribution >= 4 is 11.6 Å². The van der Waals surface area contributed by atoms with Gasteiger partial charge in [-0.1, -0.05) is 12.1 Å². The Balaban J connectivity index is 1.54. The Labute approximate surface area is 184 Å². The molecule has 2 aromatic carbocycles. The molecule has 1 N–H and O–H groups in total. The third-order valence-corrected chi connectivity index (χ3v) is 5.53. The molecule has 1 aliphatic heterocycles. The lowest BCUT2D eigenvalue weighted by Crippen LogP contribution is -2.49. The Hall–Kier alpha value is -2.93. The van der Waals surface area contributed by atoms with E-state index in [1.165, 1.54) is 0 Å².